The van der Waals surface area contributed by atoms with Crippen LogP contribution in [0, 0.1) is 19.8 Å². The largest absolute Gasteiger partial charge is 0.352 e. The molecule has 0 saturated heterocycles. The molecular formula is C15H25N3O. The van der Waals surface area contributed by atoms with Gasteiger partial charge >= 0.3 is 0 Å². The van der Waals surface area contributed by atoms with Crippen LogP contribution in [0.25, 0.3) is 0 Å². The van der Waals surface area contributed by atoms with Crippen LogP contribution in [0.4, 0.5) is 0 Å². The molecule has 1 heterocycles. The lowest BCUT2D eigenvalue weighted by atomic mass is 10.1. The van der Waals surface area contributed by atoms with Gasteiger partial charge in [0.15, 0.2) is 0 Å². The number of hydrogen-bond acceptors (Lipinski definition) is 2. The highest BCUT2D eigenvalue weighted by Gasteiger charge is 2.09. The fourth-order valence-electron chi connectivity index (χ4n) is 2.02. The molecule has 1 amide bonds. The van der Waals surface area contributed by atoms with Gasteiger partial charge in [-0.15, -0.1) is 0 Å². The Kier molecular flexibility index (Phi) is 5.80. The third-order valence-corrected chi connectivity index (χ3v) is 3.07. The summed E-state index contributed by atoms with van der Waals surface area (Å²) < 4.78 is 2.00. The predicted molar refractivity (Wildman–Crippen MR) is 77.9 cm³/mol. The van der Waals surface area contributed by atoms with E-state index in [2.05, 4.69) is 30.3 Å². The number of aromatic nitrogens is 2. The van der Waals surface area contributed by atoms with Crippen LogP contribution in [0.15, 0.2) is 17.7 Å². The smallest absolute Gasteiger partial charge is 0.246 e. The van der Waals surface area contributed by atoms with Crippen molar-refractivity contribution in [2.24, 2.45) is 5.92 Å². The predicted octanol–water partition coefficient (Wildman–Crippen LogP) is 2.61. The Morgan fingerprint density at radius 3 is 2.74 bits per heavy atom. The Hall–Kier alpha value is -1.58. The van der Waals surface area contributed by atoms with Crippen molar-refractivity contribution in [2.75, 3.05) is 6.54 Å². The Balaban J connectivity index is 2.44. The van der Waals surface area contributed by atoms with Crippen LogP contribution in [0.2, 0.25) is 0 Å². The summed E-state index contributed by atoms with van der Waals surface area (Å²) in [5.74, 6) is 0.387. The molecule has 1 N–H and O–H groups in total. The molecule has 0 aliphatic carbocycles. The first-order chi connectivity index (χ1) is 8.93. The molecule has 19 heavy (non-hydrogen) atoms. The molecule has 1 aromatic heterocycles. The molecule has 0 fully saturated rings. The SMILES string of the molecule is CC/C=C(/C)C(=O)NC[C@@H](C)Cn1nc(C)cc1C. The molecule has 0 spiro atoms. The molecule has 4 heteroatoms. The molecule has 4 nitrogen and oxygen atoms in total. The van der Waals surface area contributed by atoms with Crippen molar-refractivity contribution in [1.82, 2.24) is 15.1 Å². The van der Waals surface area contributed by atoms with Crippen LogP contribution >= 0.6 is 0 Å². The summed E-state index contributed by atoms with van der Waals surface area (Å²) in [6.45, 7) is 11.6. The molecule has 0 bridgehead atoms. The summed E-state index contributed by atoms with van der Waals surface area (Å²) in [7, 11) is 0. The minimum atomic E-state index is 0.0297. The van der Waals surface area contributed by atoms with Gasteiger partial charge in [0.25, 0.3) is 0 Å². The number of allylic oxidation sites excluding steroid dienone is 1. The first kappa shape index (κ1) is 15.5. The molecule has 106 valence electrons. The summed E-state index contributed by atoms with van der Waals surface area (Å²) in [6.07, 6.45) is 2.83. The van der Waals surface area contributed by atoms with Crippen LogP contribution in [0.5, 0.6) is 0 Å². The molecule has 0 radical (unpaired) electrons. The van der Waals surface area contributed by atoms with Gasteiger partial charge in [0.05, 0.1) is 5.69 Å². The molecule has 1 aromatic rings. The van der Waals surface area contributed by atoms with E-state index < -0.39 is 0 Å². The van der Waals surface area contributed by atoms with E-state index in [0.717, 1.165) is 29.9 Å². The lowest BCUT2D eigenvalue weighted by molar-refractivity contribution is -0.117. The van der Waals surface area contributed by atoms with Crippen LogP contribution in [0.3, 0.4) is 0 Å². The zero-order chi connectivity index (χ0) is 14.4. The summed E-state index contributed by atoms with van der Waals surface area (Å²) >= 11 is 0. The minimum Gasteiger partial charge on any atom is -0.352 e. The second-order valence-corrected chi connectivity index (χ2v) is 5.22. The molecule has 0 unspecified atom stereocenters. The van der Waals surface area contributed by atoms with E-state index in [1.54, 1.807) is 0 Å². The van der Waals surface area contributed by atoms with E-state index in [0.29, 0.717) is 12.5 Å². The van der Waals surface area contributed by atoms with Gasteiger partial charge in [-0.2, -0.15) is 5.10 Å². The maximum absolute atomic E-state index is 11.8. The van der Waals surface area contributed by atoms with E-state index in [9.17, 15) is 4.79 Å². The van der Waals surface area contributed by atoms with Gasteiger partial charge in [0.1, 0.15) is 0 Å². The average molecular weight is 263 g/mol. The highest BCUT2D eigenvalue weighted by atomic mass is 16.1. The van der Waals surface area contributed by atoms with Crippen molar-refractivity contribution in [3.8, 4) is 0 Å². The maximum Gasteiger partial charge on any atom is 0.246 e. The highest BCUT2D eigenvalue weighted by molar-refractivity contribution is 5.92. The maximum atomic E-state index is 11.8. The van der Waals surface area contributed by atoms with Gasteiger partial charge in [0.2, 0.25) is 5.91 Å². The highest BCUT2D eigenvalue weighted by Crippen LogP contribution is 2.06. The van der Waals surface area contributed by atoms with E-state index in [1.165, 1.54) is 0 Å². The third kappa shape index (κ3) is 4.89. The Labute approximate surface area is 115 Å². The van der Waals surface area contributed by atoms with Gasteiger partial charge in [0, 0.05) is 24.4 Å². The minimum absolute atomic E-state index is 0.0297. The molecule has 0 aromatic carbocycles. The van der Waals surface area contributed by atoms with Crippen molar-refractivity contribution in [3.05, 3.63) is 29.1 Å². The Morgan fingerprint density at radius 2 is 2.21 bits per heavy atom. The monoisotopic (exact) mass is 263 g/mol. The fraction of sp³-hybridized carbons (Fsp3) is 0.600. The Bertz CT molecular complexity index is 460. The van der Waals surface area contributed by atoms with Crippen LogP contribution < -0.4 is 5.32 Å². The number of amides is 1. The van der Waals surface area contributed by atoms with Crippen molar-refractivity contribution in [3.63, 3.8) is 0 Å². The van der Waals surface area contributed by atoms with E-state index in [1.807, 2.05) is 31.5 Å². The normalized spacial score (nSPS) is 13.4. The molecule has 1 atom stereocenters. The first-order valence-electron chi connectivity index (χ1n) is 6.90. The zero-order valence-electron chi connectivity index (χ0n) is 12.7. The van der Waals surface area contributed by atoms with Crippen LogP contribution in [-0.4, -0.2) is 22.2 Å². The van der Waals surface area contributed by atoms with E-state index >= 15 is 0 Å². The number of rotatable bonds is 6. The quantitative estimate of drug-likeness (QED) is 0.802. The number of hydrogen-bond donors (Lipinski definition) is 1. The van der Waals surface area contributed by atoms with Crippen molar-refractivity contribution in [2.45, 2.75) is 47.6 Å². The van der Waals surface area contributed by atoms with Gasteiger partial charge in [-0.25, -0.2) is 0 Å². The van der Waals surface area contributed by atoms with Crippen molar-refractivity contribution < 1.29 is 4.79 Å². The first-order valence-corrected chi connectivity index (χ1v) is 6.90. The van der Waals surface area contributed by atoms with Crippen LogP contribution in [0.1, 0.15) is 38.6 Å². The van der Waals surface area contributed by atoms with Crippen molar-refractivity contribution in [1.29, 1.82) is 0 Å². The lowest BCUT2D eigenvalue weighted by Crippen LogP contribution is -2.30. The van der Waals surface area contributed by atoms with Gasteiger partial charge in [-0.05, 0) is 39.2 Å². The number of nitrogens with zero attached hydrogens (tertiary/aromatic N) is 2. The summed E-state index contributed by atoms with van der Waals surface area (Å²) in [5.41, 5.74) is 2.99. The van der Waals surface area contributed by atoms with Crippen molar-refractivity contribution >= 4 is 5.91 Å². The fourth-order valence-corrected chi connectivity index (χ4v) is 2.02. The average Bonchev–Trinajstić information content (AvgIpc) is 2.65. The summed E-state index contributed by atoms with van der Waals surface area (Å²) in [6, 6.07) is 2.07. The lowest BCUT2D eigenvalue weighted by Gasteiger charge is -2.14. The van der Waals surface area contributed by atoms with E-state index in [-0.39, 0.29) is 5.91 Å². The number of carbonyl (C=O) groups excluding carboxylic acids is 1. The van der Waals surface area contributed by atoms with Crippen LogP contribution in [-0.2, 0) is 11.3 Å². The van der Waals surface area contributed by atoms with E-state index in [4.69, 9.17) is 0 Å². The second kappa shape index (κ2) is 7.12. The molecule has 0 saturated carbocycles. The number of aryl methyl sites for hydroxylation is 2. The number of nitrogens with one attached hydrogen (secondary N) is 1. The van der Waals surface area contributed by atoms with Gasteiger partial charge in [-0.3, -0.25) is 9.48 Å². The molecule has 1 rings (SSSR count). The van der Waals surface area contributed by atoms with Gasteiger partial charge in [-0.1, -0.05) is 19.9 Å². The number of carbonyl (C=O) groups is 1. The molecule has 0 aliphatic heterocycles. The third-order valence-electron chi connectivity index (χ3n) is 3.07. The summed E-state index contributed by atoms with van der Waals surface area (Å²) in [4.78, 5) is 11.8. The summed E-state index contributed by atoms with van der Waals surface area (Å²) in [5, 5.41) is 7.40. The zero-order valence-corrected chi connectivity index (χ0v) is 12.7. The molecular weight excluding hydrogens is 238 g/mol. The second-order valence-electron chi connectivity index (χ2n) is 5.22. The van der Waals surface area contributed by atoms with Gasteiger partial charge < -0.3 is 5.32 Å². The molecule has 0 aliphatic rings. The Morgan fingerprint density at radius 1 is 1.53 bits per heavy atom. The topological polar surface area (TPSA) is 46.9 Å². The standard InChI is InChI=1S/C15H25N3O/c1-6-7-12(3)15(19)16-9-11(2)10-18-14(5)8-13(4)17-18/h7-8,11H,6,9-10H2,1-5H3,(H,16,19)/b12-7-/t11-/m1/s1.